The SMILES string of the molecule is CCC(=O)N(CC(=O)N(Cc1ccc(F)cc1)Cc1ccco1)C(C)C. The summed E-state index contributed by atoms with van der Waals surface area (Å²) in [5.74, 6) is 0.0878. The van der Waals surface area contributed by atoms with Gasteiger partial charge in [0.25, 0.3) is 0 Å². The summed E-state index contributed by atoms with van der Waals surface area (Å²) < 4.78 is 18.5. The maximum atomic E-state index is 13.1. The van der Waals surface area contributed by atoms with Crippen molar-refractivity contribution in [3.05, 3.63) is 59.8 Å². The fourth-order valence-corrected chi connectivity index (χ4v) is 2.64. The highest BCUT2D eigenvalue weighted by atomic mass is 19.1. The van der Waals surface area contributed by atoms with Crippen molar-refractivity contribution in [2.45, 2.75) is 46.3 Å². The molecule has 0 N–H and O–H groups in total. The predicted molar refractivity (Wildman–Crippen MR) is 96.5 cm³/mol. The van der Waals surface area contributed by atoms with E-state index in [9.17, 15) is 14.0 Å². The van der Waals surface area contributed by atoms with Gasteiger partial charge in [0.1, 0.15) is 11.6 Å². The fraction of sp³-hybridized carbons (Fsp3) is 0.400. The minimum absolute atomic E-state index is 0.00619. The number of halogens is 1. The van der Waals surface area contributed by atoms with Crippen molar-refractivity contribution >= 4 is 11.8 Å². The lowest BCUT2D eigenvalue weighted by atomic mass is 10.2. The highest BCUT2D eigenvalue weighted by Crippen LogP contribution is 2.13. The number of furan rings is 1. The minimum Gasteiger partial charge on any atom is -0.467 e. The quantitative estimate of drug-likeness (QED) is 0.723. The smallest absolute Gasteiger partial charge is 0.242 e. The second-order valence-corrected chi connectivity index (χ2v) is 6.42. The van der Waals surface area contributed by atoms with Crippen molar-refractivity contribution in [3.63, 3.8) is 0 Å². The van der Waals surface area contributed by atoms with Crippen molar-refractivity contribution in [3.8, 4) is 0 Å². The number of hydrogen-bond acceptors (Lipinski definition) is 3. The average molecular weight is 360 g/mol. The van der Waals surface area contributed by atoms with Gasteiger partial charge in [0.2, 0.25) is 11.8 Å². The van der Waals surface area contributed by atoms with E-state index in [4.69, 9.17) is 4.42 Å². The van der Waals surface area contributed by atoms with Gasteiger partial charge in [0, 0.05) is 19.0 Å². The molecule has 2 rings (SSSR count). The first-order valence-corrected chi connectivity index (χ1v) is 8.74. The van der Waals surface area contributed by atoms with Crippen LogP contribution >= 0.6 is 0 Å². The van der Waals surface area contributed by atoms with Crippen LogP contribution in [0.3, 0.4) is 0 Å². The molecular formula is C20H25FN2O3. The summed E-state index contributed by atoms with van der Waals surface area (Å²) in [6, 6.07) is 9.52. The maximum absolute atomic E-state index is 13.1. The van der Waals surface area contributed by atoms with Crippen LogP contribution in [0, 0.1) is 5.82 Å². The molecule has 140 valence electrons. The van der Waals surface area contributed by atoms with Crippen LogP contribution < -0.4 is 0 Å². The summed E-state index contributed by atoms with van der Waals surface area (Å²) >= 11 is 0. The molecule has 0 atom stereocenters. The third-order valence-corrected chi connectivity index (χ3v) is 4.12. The second kappa shape index (κ2) is 9.17. The van der Waals surface area contributed by atoms with Gasteiger partial charge in [0.05, 0.1) is 19.4 Å². The lowest BCUT2D eigenvalue weighted by Crippen LogP contribution is -2.45. The van der Waals surface area contributed by atoms with Crippen LogP contribution in [-0.4, -0.2) is 34.2 Å². The Hall–Kier alpha value is -2.63. The lowest BCUT2D eigenvalue weighted by Gasteiger charge is -2.29. The first kappa shape index (κ1) is 19.7. The number of benzene rings is 1. The number of carbonyl (C=O) groups excluding carboxylic acids is 2. The number of rotatable bonds is 8. The third kappa shape index (κ3) is 5.44. The lowest BCUT2D eigenvalue weighted by molar-refractivity contribution is -0.142. The topological polar surface area (TPSA) is 53.8 Å². The molecular weight excluding hydrogens is 335 g/mol. The Bertz CT molecular complexity index is 711. The van der Waals surface area contributed by atoms with Gasteiger partial charge in [-0.2, -0.15) is 0 Å². The number of hydrogen-bond donors (Lipinski definition) is 0. The van der Waals surface area contributed by atoms with E-state index in [1.54, 1.807) is 47.3 Å². The summed E-state index contributed by atoms with van der Waals surface area (Å²) in [7, 11) is 0. The Labute approximate surface area is 153 Å². The molecule has 26 heavy (non-hydrogen) atoms. The van der Waals surface area contributed by atoms with E-state index in [2.05, 4.69) is 0 Å². The third-order valence-electron chi connectivity index (χ3n) is 4.12. The zero-order valence-electron chi connectivity index (χ0n) is 15.4. The summed E-state index contributed by atoms with van der Waals surface area (Å²) in [6.07, 6.45) is 1.90. The van der Waals surface area contributed by atoms with E-state index in [0.717, 1.165) is 5.56 Å². The molecule has 0 fully saturated rings. The Kier molecular flexibility index (Phi) is 6.95. The van der Waals surface area contributed by atoms with Gasteiger partial charge in [-0.1, -0.05) is 19.1 Å². The van der Waals surface area contributed by atoms with Crippen LogP contribution in [-0.2, 0) is 22.7 Å². The van der Waals surface area contributed by atoms with Gasteiger partial charge in [-0.15, -0.1) is 0 Å². The van der Waals surface area contributed by atoms with E-state index in [0.29, 0.717) is 18.7 Å². The maximum Gasteiger partial charge on any atom is 0.242 e. The first-order chi connectivity index (χ1) is 12.4. The standard InChI is InChI=1S/C20H25FN2O3/c1-4-19(24)23(15(2)3)14-20(25)22(13-18-6-5-11-26-18)12-16-7-9-17(21)10-8-16/h5-11,15H,4,12-14H2,1-3H3. The summed E-state index contributed by atoms with van der Waals surface area (Å²) in [5, 5.41) is 0. The monoisotopic (exact) mass is 360 g/mol. The predicted octanol–water partition coefficient (Wildman–Crippen LogP) is 3.59. The van der Waals surface area contributed by atoms with Crippen LogP contribution in [0.15, 0.2) is 47.1 Å². The van der Waals surface area contributed by atoms with Crippen molar-refractivity contribution in [1.29, 1.82) is 0 Å². The minimum atomic E-state index is -0.322. The summed E-state index contributed by atoms with van der Waals surface area (Å²) in [5.41, 5.74) is 0.809. The zero-order valence-corrected chi connectivity index (χ0v) is 15.4. The molecule has 0 unspecified atom stereocenters. The van der Waals surface area contributed by atoms with Crippen LogP contribution in [0.2, 0.25) is 0 Å². The molecule has 2 aromatic rings. The van der Waals surface area contributed by atoms with Crippen LogP contribution in [0.5, 0.6) is 0 Å². The molecule has 2 amide bonds. The Morgan fingerprint density at radius 1 is 1.08 bits per heavy atom. The van der Waals surface area contributed by atoms with E-state index in [-0.39, 0.29) is 36.8 Å². The van der Waals surface area contributed by atoms with Crippen molar-refractivity contribution in [2.24, 2.45) is 0 Å². The molecule has 1 aromatic carbocycles. The van der Waals surface area contributed by atoms with Gasteiger partial charge in [-0.3, -0.25) is 9.59 Å². The molecule has 0 bridgehead atoms. The molecule has 0 radical (unpaired) electrons. The highest BCUT2D eigenvalue weighted by Gasteiger charge is 2.23. The zero-order chi connectivity index (χ0) is 19.1. The van der Waals surface area contributed by atoms with E-state index >= 15 is 0 Å². The number of carbonyl (C=O) groups is 2. The molecule has 1 aromatic heterocycles. The van der Waals surface area contributed by atoms with Crippen molar-refractivity contribution in [1.82, 2.24) is 9.80 Å². The van der Waals surface area contributed by atoms with Gasteiger partial charge in [-0.05, 0) is 43.7 Å². The molecule has 6 heteroatoms. The van der Waals surface area contributed by atoms with Gasteiger partial charge < -0.3 is 14.2 Å². The van der Waals surface area contributed by atoms with Crippen LogP contribution in [0.1, 0.15) is 38.5 Å². The molecule has 5 nitrogen and oxygen atoms in total. The van der Waals surface area contributed by atoms with Gasteiger partial charge >= 0.3 is 0 Å². The molecule has 0 aliphatic carbocycles. The normalized spacial score (nSPS) is 10.8. The number of amides is 2. The highest BCUT2D eigenvalue weighted by molar-refractivity contribution is 5.85. The molecule has 0 saturated carbocycles. The average Bonchev–Trinajstić information content (AvgIpc) is 3.13. The molecule has 0 aliphatic rings. The Morgan fingerprint density at radius 3 is 2.31 bits per heavy atom. The molecule has 0 spiro atoms. The summed E-state index contributed by atoms with van der Waals surface area (Å²) in [4.78, 5) is 28.2. The molecule has 0 saturated heterocycles. The number of nitrogens with zero attached hydrogens (tertiary/aromatic N) is 2. The molecule has 0 aliphatic heterocycles. The van der Waals surface area contributed by atoms with Gasteiger partial charge in [0.15, 0.2) is 0 Å². The largest absolute Gasteiger partial charge is 0.467 e. The van der Waals surface area contributed by atoms with E-state index < -0.39 is 0 Å². The van der Waals surface area contributed by atoms with Crippen molar-refractivity contribution < 1.29 is 18.4 Å². The Balaban J connectivity index is 2.16. The van der Waals surface area contributed by atoms with Gasteiger partial charge in [-0.25, -0.2) is 4.39 Å². The van der Waals surface area contributed by atoms with Crippen LogP contribution in [0.4, 0.5) is 4.39 Å². The fourth-order valence-electron chi connectivity index (χ4n) is 2.64. The Morgan fingerprint density at radius 2 is 1.77 bits per heavy atom. The first-order valence-electron chi connectivity index (χ1n) is 8.74. The van der Waals surface area contributed by atoms with Crippen LogP contribution in [0.25, 0.3) is 0 Å². The molecule has 1 heterocycles. The van der Waals surface area contributed by atoms with Crippen molar-refractivity contribution in [2.75, 3.05) is 6.54 Å². The summed E-state index contributed by atoms with van der Waals surface area (Å²) in [6.45, 7) is 6.16. The second-order valence-electron chi connectivity index (χ2n) is 6.42. The van der Waals surface area contributed by atoms with E-state index in [1.165, 1.54) is 12.1 Å². The van der Waals surface area contributed by atoms with E-state index in [1.807, 2.05) is 13.8 Å².